The normalized spacial score (nSPS) is 13.9. The molecule has 0 radical (unpaired) electrons. The molecule has 344 valence electrons. The van der Waals surface area contributed by atoms with Gasteiger partial charge in [-0.1, -0.05) is 195 Å². The lowest BCUT2D eigenvalue weighted by Gasteiger charge is -2.28. The summed E-state index contributed by atoms with van der Waals surface area (Å²) in [5, 5.41) is 0. The molecule has 9 aromatic rings. The first kappa shape index (κ1) is 44.8. The topological polar surface area (TPSA) is 6.48 Å². The van der Waals surface area contributed by atoms with Crippen LogP contribution in [-0.2, 0) is 10.8 Å². The van der Waals surface area contributed by atoms with Crippen LogP contribution in [0.4, 0.5) is 34.1 Å². The van der Waals surface area contributed by atoms with Crippen molar-refractivity contribution in [1.82, 2.24) is 0 Å². The Bertz CT molecular complexity index is 3390. The predicted molar refractivity (Wildman–Crippen MR) is 300 cm³/mol. The van der Waals surface area contributed by atoms with E-state index in [1.165, 1.54) is 83.6 Å². The number of hydrogen-bond donors (Lipinski definition) is 0. The van der Waals surface area contributed by atoms with E-state index in [2.05, 4.69) is 284 Å². The van der Waals surface area contributed by atoms with E-state index in [9.17, 15) is 0 Å². The molecular weight excluding hydrogens is 845 g/mol. The summed E-state index contributed by atoms with van der Waals surface area (Å²) in [6, 6.07) is 76.7. The Kier molecular flexibility index (Phi) is 11.3. The van der Waals surface area contributed by atoms with E-state index in [0.717, 1.165) is 28.4 Å². The first-order valence-electron chi connectivity index (χ1n) is 25.1. The number of rotatable bonds is 11. The number of nitrogens with zero attached hydrogens (tertiary/aromatic N) is 2. The zero-order chi connectivity index (χ0) is 48.3. The van der Waals surface area contributed by atoms with Gasteiger partial charge in [-0.2, -0.15) is 0 Å². The fourth-order valence-corrected chi connectivity index (χ4v) is 11.1. The minimum Gasteiger partial charge on any atom is -0.311 e. The SMILES string of the molecule is CC(C)c1ccc(N(c2ccccc2)c2ccc(-c3ccc4c(c3)C(C)(C)c3cc(C=Cc5ccc6c(c5)C(C)(C)c5cc(N(c7ccccc7)c7ccc(C(C)C)cc7)ccc5-6)ccc3-4)cc2)cc1. The summed E-state index contributed by atoms with van der Waals surface area (Å²) < 4.78 is 0. The van der Waals surface area contributed by atoms with E-state index in [4.69, 9.17) is 0 Å². The Morgan fingerprint density at radius 2 is 0.643 bits per heavy atom. The summed E-state index contributed by atoms with van der Waals surface area (Å²) in [5.74, 6) is 0.977. The molecule has 0 aliphatic heterocycles. The van der Waals surface area contributed by atoms with Crippen LogP contribution in [0.15, 0.2) is 206 Å². The largest absolute Gasteiger partial charge is 0.311 e. The zero-order valence-corrected chi connectivity index (χ0v) is 41.8. The number of para-hydroxylation sites is 2. The van der Waals surface area contributed by atoms with Crippen molar-refractivity contribution in [3.63, 3.8) is 0 Å². The van der Waals surface area contributed by atoms with E-state index >= 15 is 0 Å². The maximum absolute atomic E-state index is 2.43. The van der Waals surface area contributed by atoms with Gasteiger partial charge in [-0.15, -0.1) is 0 Å². The van der Waals surface area contributed by atoms with E-state index < -0.39 is 0 Å². The molecule has 0 unspecified atom stereocenters. The summed E-state index contributed by atoms with van der Waals surface area (Å²) in [6.07, 6.45) is 4.59. The molecule has 0 heterocycles. The lowest BCUT2D eigenvalue weighted by Crippen LogP contribution is -2.16. The maximum Gasteiger partial charge on any atom is 0.0465 e. The minimum atomic E-state index is -0.165. The van der Waals surface area contributed by atoms with Gasteiger partial charge in [0.2, 0.25) is 0 Å². The molecular formula is C68H62N2. The fourth-order valence-electron chi connectivity index (χ4n) is 11.1. The van der Waals surface area contributed by atoms with Crippen molar-refractivity contribution in [1.29, 1.82) is 0 Å². The second-order valence-corrected chi connectivity index (χ2v) is 21.1. The van der Waals surface area contributed by atoms with Crippen molar-refractivity contribution in [2.45, 2.75) is 78.1 Å². The smallest absolute Gasteiger partial charge is 0.0465 e. The van der Waals surface area contributed by atoms with Crippen molar-refractivity contribution in [2.24, 2.45) is 0 Å². The number of benzene rings is 9. The highest BCUT2D eigenvalue weighted by atomic mass is 15.1. The van der Waals surface area contributed by atoms with Gasteiger partial charge in [0, 0.05) is 45.0 Å². The lowest BCUT2D eigenvalue weighted by atomic mass is 9.81. The average Bonchev–Trinajstić information content (AvgIpc) is 3.75. The Balaban J connectivity index is 0.838. The standard InChI is InChI=1S/C68H62N2/c1-45(2)49-23-30-55(31-24-49)69(53-15-11-9-12-16-53)56-34-27-51(28-35-56)52-29-39-61-59-37-21-47(41-63(59)67(5,6)65(61)43-52)19-20-48-22-38-60-62-40-36-58(44-66(62)68(7,8)64(60)42-48)70(54-17-13-10-14-18-54)57-32-25-50(26-33-57)46(3)4/h9-46H,1-8H3. The van der Waals surface area contributed by atoms with E-state index in [0.29, 0.717) is 11.8 Å². The zero-order valence-electron chi connectivity index (χ0n) is 41.8. The van der Waals surface area contributed by atoms with Gasteiger partial charge in [-0.25, -0.2) is 0 Å². The molecule has 0 atom stereocenters. The van der Waals surface area contributed by atoms with E-state index in [1.807, 2.05) is 0 Å². The highest BCUT2D eigenvalue weighted by molar-refractivity contribution is 5.89. The summed E-state index contributed by atoms with van der Waals surface area (Å²) in [7, 11) is 0. The third-order valence-corrected chi connectivity index (χ3v) is 15.2. The van der Waals surface area contributed by atoms with Crippen molar-refractivity contribution < 1.29 is 0 Å². The molecule has 11 rings (SSSR count). The molecule has 0 bridgehead atoms. The van der Waals surface area contributed by atoms with Crippen LogP contribution in [0, 0.1) is 0 Å². The number of hydrogen-bond acceptors (Lipinski definition) is 2. The van der Waals surface area contributed by atoms with Gasteiger partial charge in [0.1, 0.15) is 0 Å². The Morgan fingerprint density at radius 1 is 0.314 bits per heavy atom. The summed E-state index contributed by atoms with van der Waals surface area (Å²) in [4.78, 5) is 4.73. The maximum atomic E-state index is 2.43. The second-order valence-electron chi connectivity index (χ2n) is 21.1. The monoisotopic (exact) mass is 906 g/mol. The molecule has 0 saturated heterocycles. The van der Waals surface area contributed by atoms with E-state index in [-0.39, 0.29) is 10.8 Å². The van der Waals surface area contributed by atoms with Crippen LogP contribution in [-0.4, -0.2) is 0 Å². The fraction of sp³-hybridized carbons (Fsp3) is 0.176. The Hall–Kier alpha value is -7.68. The second kappa shape index (κ2) is 17.7. The quantitative estimate of drug-likeness (QED) is 0.119. The van der Waals surface area contributed by atoms with Gasteiger partial charge in [-0.05, 0) is 169 Å². The van der Waals surface area contributed by atoms with Crippen LogP contribution in [0.5, 0.6) is 0 Å². The first-order valence-corrected chi connectivity index (χ1v) is 25.1. The summed E-state index contributed by atoms with van der Waals surface area (Å²) in [6.45, 7) is 18.5. The molecule has 0 spiro atoms. The van der Waals surface area contributed by atoms with E-state index in [1.54, 1.807) is 0 Å². The molecule has 0 aromatic heterocycles. The van der Waals surface area contributed by atoms with Gasteiger partial charge < -0.3 is 9.80 Å². The highest BCUT2D eigenvalue weighted by Crippen LogP contribution is 2.52. The molecule has 70 heavy (non-hydrogen) atoms. The summed E-state index contributed by atoms with van der Waals surface area (Å²) >= 11 is 0. The number of anilines is 6. The number of fused-ring (bicyclic) bond motifs is 6. The summed E-state index contributed by atoms with van der Waals surface area (Å²) in [5.41, 5.74) is 25.0. The lowest BCUT2D eigenvalue weighted by molar-refractivity contribution is 0.660. The van der Waals surface area contributed by atoms with Crippen LogP contribution in [0.25, 0.3) is 45.5 Å². The van der Waals surface area contributed by atoms with Gasteiger partial charge >= 0.3 is 0 Å². The Labute approximate surface area is 416 Å². The predicted octanol–water partition coefficient (Wildman–Crippen LogP) is 19.3. The van der Waals surface area contributed by atoms with Gasteiger partial charge in [0.15, 0.2) is 0 Å². The molecule has 2 aliphatic rings. The van der Waals surface area contributed by atoms with Crippen molar-refractivity contribution in [2.75, 3.05) is 9.80 Å². The third-order valence-electron chi connectivity index (χ3n) is 15.2. The van der Waals surface area contributed by atoms with Crippen molar-refractivity contribution >= 4 is 46.3 Å². The van der Waals surface area contributed by atoms with Crippen molar-refractivity contribution in [3.8, 4) is 33.4 Å². The molecule has 9 aromatic carbocycles. The van der Waals surface area contributed by atoms with Crippen LogP contribution < -0.4 is 9.80 Å². The van der Waals surface area contributed by atoms with Crippen LogP contribution >= 0.6 is 0 Å². The first-order chi connectivity index (χ1) is 33.8. The Morgan fingerprint density at radius 3 is 1.09 bits per heavy atom. The molecule has 0 N–H and O–H groups in total. The van der Waals surface area contributed by atoms with Gasteiger partial charge in [-0.3, -0.25) is 0 Å². The average molecular weight is 907 g/mol. The highest BCUT2D eigenvalue weighted by Gasteiger charge is 2.37. The van der Waals surface area contributed by atoms with Crippen molar-refractivity contribution in [3.05, 3.63) is 251 Å². The third kappa shape index (κ3) is 7.96. The molecule has 2 heteroatoms. The van der Waals surface area contributed by atoms with Crippen LogP contribution in [0.3, 0.4) is 0 Å². The van der Waals surface area contributed by atoms with Gasteiger partial charge in [0.05, 0.1) is 0 Å². The molecule has 0 saturated carbocycles. The van der Waals surface area contributed by atoms with Gasteiger partial charge in [0.25, 0.3) is 0 Å². The molecule has 0 fully saturated rings. The van der Waals surface area contributed by atoms with Crippen LogP contribution in [0.1, 0.15) is 112 Å². The molecule has 2 aliphatic carbocycles. The molecule has 0 amide bonds. The minimum absolute atomic E-state index is 0.146. The van der Waals surface area contributed by atoms with Crippen LogP contribution in [0.2, 0.25) is 0 Å². The molecule has 2 nitrogen and oxygen atoms in total.